The molecule has 0 heterocycles. The molecule has 0 saturated heterocycles. The van der Waals surface area contributed by atoms with Crippen molar-refractivity contribution in [3.05, 3.63) is 101 Å². The SMILES string of the molecule is COc1ccc(S(=O)(=O)N(CC(=O)Nc2ccc(S(=O)(=O)Nc3cc(Cl)ccc3C)cc2)c2ccc(F)cc2)cc1OC. The van der Waals surface area contributed by atoms with Crippen molar-refractivity contribution in [2.75, 3.05) is 35.1 Å². The Labute approximate surface area is 254 Å². The van der Waals surface area contributed by atoms with Crippen LogP contribution in [0.4, 0.5) is 21.5 Å². The Bertz CT molecular complexity index is 1850. The van der Waals surface area contributed by atoms with Crippen LogP contribution in [0.15, 0.2) is 94.7 Å². The summed E-state index contributed by atoms with van der Waals surface area (Å²) in [5.41, 5.74) is 1.24. The normalized spacial score (nSPS) is 11.5. The second kappa shape index (κ2) is 12.9. The van der Waals surface area contributed by atoms with Crippen LogP contribution in [0, 0.1) is 12.7 Å². The summed E-state index contributed by atoms with van der Waals surface area (Å²) in [7, 11) is -5.58. The largest absolute Gasteiger partial charge is 0.493 e. The Hall–Kier alpha value is -4.33. The first-order chi connectivity index (χ1) is 20.3. The molecule has 43 heavy (non-hydrogen) atoms. The smallest absolute Gasteiger partial charge is 0.264 e. The Morgan fingerprint density at radius 3 is 2.09 bits per heavy atom. The van der Waals surface area contributed by atoms with Crippen LogP contribution in [-0.2, 0) is 24.8 Å². The van der Waals surface area contributed by atoms with Gasteiger partial charge in [0.15, 0.2) is 11.5 Å². The number of anilines is 3. The first-order valence-electron chi connectivity index (χ1n) is 12.5. The molecule has 0 fully saturated rings. The van der Waals surface area contributed by atoms with Gasteiger partial charge >= 0.3 is 0 Å². The zero-order valence-corrected chi connectivity index (χ0v) is 25.6. The first kappa shape index (κ1) is 31.6. The Morgan fingerprint density at radius 1 is 0.837 bits per heavy atom. The Kier molecular flexibility index (Phi) is 9.48. The number of carbonyl (C=O) groups excluding carboxylic acids is 1. The minimum Gasteiger partial charge on any atom is -0.493 e. The number of methoxy groups -OCH3 is 2. The standard InChI is InChI=1S/C29H27ClFN3O7S2/c1-19-4-5-20(30)16-26(19)33-42(36,37)24-12-8-22(9-13-24)32-29(35)18-34(23-10-6-21(31)7-11-23)43(38,39)25-14-15-27(40-2)28(17-25)41-3/h4-17,33H,18H2,1-3H3,(H,32,35). The van der Waals surface area contributed by atoms with Crippen LogP contribution in [0.3, 0.4) is 0 Å². The van der Waals surface area contributed by atoms with E-state index in [1.54, 1.807) is 19.1 Å². The average molecular weight is 648 g/mol. The molecule has 0 radical (unpaired) electrons. The highest BCUT2D eigenvalue weighted by Crippen LogP contribution is 2.32. The summed E-state index contributed by atoms with van der Waals surface area (Å²) in [6.45, 7) is 1.05. The summed E-state index contributed by atoms with van der Waals surface area (Å²) in [5.74, 6) is -0.874. The number of hydrogen-bond donors (Lipinski definition) is 2. The molecule has 0 aliphatic rings. The van der Waals surface area contributed by atoms with Crippen LogP contribution in [0.1, 0.15) is 5.56 Å². The Balaban J connectivity index is 1.56. The number of ether oxygens (including phenoxy) is 2. The highest BCUT2D eigenvalue weighted by atomic mass is 35.5. The van der Waals surface area contributed by atoms with E-state index in [2.05, 4.69) is 10.0 Å². The number of nitrogens with one attached hydrogen (secondary N) is 2. The molecule has 1 amide bonds. The maximum atomic E-state index is 13.7. The monoisotopic (exact) mass is 647 g/mol. The molecular formula is C29H27ClFN3O7S2. The Morgan fingerprint density at radius 2 is 1.47 bits per heavy atom. The number of carbonyl (C=O) groups is 1. The molecule has 226 valence electrons. The number of hydrogen-bond acceptors (Lipinski definition) is 7. The summed E-state index contributed by atoms with van der Waals surface area (Å²) in [6, 6.07) is 18.7. The maximum absolute atomic E-state index is 13.7. The molecule has 0 aliphatic carbocycles. The van der Waals surface area contributed by atoms with Crippen molar-refractivity contribution >= 4 is 54.6 Å². The topological polar surface area (TPSA) is 131 Å². The number of aryl methyl sites for hydroxylation is 1. The lowest BCUT2D eigenvalue weighted by molar-refractivity contribution is -0.114. The molecule has 0 saturated carbocycles. The van der Waals surface area contributed by atoms with Gasteiger partial charge in [0, 0.05) is 16.8 Å². The van der Waals surface area contributed by atoms with E-state index in [-0.39, 0.29) is 26.9 Å². The van der Waals surface area contributed by atoms with E-state index in [1.165, 1.54) is 74.9 Å². The van der Waals surface area contributed by atoms with Crippen LogP contribution >= 0.6 is 11.6 Å². The van der Waals surface area contributed by atoms with Gasteiger partial charge in [-0.1, -0.05) is 17.7 Å². The van der Waals surface area contributed by atoms with E-state index < -0.39 is 38.3 Å². The summed E-state index contributed by atoms with van der Waals surface area (Å²) < 4.78 is 80.5. The second-order valence-electron chi connectivity index (χ2n) is 9.14. The van der Waals surface area contributed by atoms with E-state index in [0.29, 0.717) is 22.0 Å². The van der Waals surface area contributed by atoms with Crippen molar-refractivity contribution in [3.63, 3.8) is 0 Å². The van der Waals surface area contributed by atoms with E-state index >= 15 is 0 Å². The molecule has 0 aliphatic heterocycles. The van der Waals surface area contributed by atoms with Crippen molar-refractivity contribution in [2.45, 2.75) is 16.7 Å². The van der Waals surface area contributed by atoms with E-state index in [4.69, 9.17) is 21.1 Å². The molecule has 4 rings (SSSR count). The van der Waals surface area contributed by atoms with Crippen molar-refractivity contribution in [1.82, 2.24) is 0 Å². The van der Waals surface area contributed by atoms with E-state index in [0.717, 1.165) is 16.4 Å². The third-order valence-corrected chi connectivity index (χ3v) is 9.62. The molecule has 2 N–H and O–H groups in total. The molecular weight excluding hydrogens is 621 g/mol. The first-order valence-corrected chi connectivity index (χ1v) is 15.8. The predicted molar refractivity (Wildman–Crippen MR) is 163 cm³/mol. The van der Waals surface area contributed by atoms with Gasteiger partial charge in [0.1, 0.15) is 12.4 Å². The van der Waals surface area contributed by atoms with Crippen LogP contribution in [0.2, 0.25) is 5.02 Å². The minimum atomic E-state index is -4.36. The second-order valence-corrected chi connectivity index (χ2v) is 13.1. The highest BCUT2D eigenvalue weighted by molar-refractivity contribution is 7.93. The molecule has 0 atom stereocenters. The van der Waals surface area contributed by atoms with Gasteiger partial charge in [-0.3, -0.25) is 13.8 Å². The van der Waals surface area contributed by atoms with Crippen LogP contribution in [0.25, 0.3) is 0 Å². The van der Waals surface area contributed by atoms with Gasteiger partial charge in [0.25, 0.3) is 20.0 Å². The zero-order chi connectivity index (χ0) is 31.4. The lowest BCUT2D eigenvalue weighted by Crippen LogP contribution is -2.38. The number of sulfonamides is 2. The molecule has 4 aromatic carbocycles. The van der Waals surface area contributed by atoms with Crippen molar-refractivity contribution in [3.8, 4) is 11.5 Å². The third-order valence-electron chi connectivity index (χ3n) is 6.24. The highest BCUT2D eigenvalue weighted by Gasteiger charge is 2.28. The summed E-state index contributed by atoms with van der Waals surface area (Å²) in [5, 5.41) is 2.93. The fourth-order valence-electron chi connectivity index (χ4n) is 3.98. The van der Waals surface area contributed by atoms with Gasteiger partial charge in [-0.05, 0) is 85.3 Å². The van der Waals surface area contributed by atoms with Crippen LogP contribution in [-0.4, -0.2) is 43.5 Å². The minimum absolute atomic E-state index is 0.0372. The zero-order valence-electron chi connectivity index (χ0n) is 23.2. The fourth-order valence-corrected chi connectivity index (χ4v) is 6.71. The number of benzene rings is 4. The van der Waals surface area contributed by atoms with Crippen LogP contribution < -0.4 is 23.8 Å². The molecule has 0 unspecified atom stereocenters. The average Bonchev–Trinajstić information content (AvgIpc) is 2.98. The van der Waals surface area contributed by atoms with Gasteiger partial charge in [-0.25, -0.2) is 21.2 Å². The van der Waals surface area contributed by atoms with Crippen molar-refractivity contribution < 1.29 is 35.5 Å². The quantitative estimate of drug-likeness (QED) is 0.222. The summed E-state index contributed by atoms with van der Waals surface area (Å²) >= 11 is 5.99. The van der Waals surface area contributed by atoms with Crippen LogP contribution in [0.5, 0.6) is 11.5 Å². The maximum Gasteiger partial charge on any atom is 0.264 e. The number of amides is 1. The molecule has 0 bridgehead atoms. The van der Waals surface area contributed by atoms with Gasteiger partial charge in [0.05, 0.1) is 35.4 Å². The number of rotatable bonds is 11. The lowest BCUT2D eigenvalue weighted by Gasteiger charge is -2.24. The summed E-state index contributed by atoms with van der Waals surface area (Å²) in [4.78, 5) is 12.8. The van der Waals surface area contributed by atoms with E-state index in [9.17, 15) is 26.0 Å². The van der Waals surface area contributed by atoms with Gasteiger partial charge in [0.2, 0.25) is 5.91 Å². The predicted octanol–water partition coefficient (Wildman–Crippen LogP) is 5.44. The fraction of sp³-hybridized carbons (Fsp3) is 0.138. The van der Waals surface area contributed by atoms with E-state index in [1.807, 2.05) is 0 Å². The van der Waals surface area contributed by atoms with Gasteiger partial charge < -0.3 is 14.8 Å². The molecule has 10 nitrogen and oxygen atoms in total. The van der Waals surface area contributed by atoms with Crippen molar-refractivity contribution in [2.24, 2.45) is 0 Å². The summed E-state index contributed by atoms with van der Waals surface area (Å²) in [6.07, 6.45) is 0. The number of nitrogens with zero attached hydrogens (tertiary/aromatic N) is 1. The molecule has 0 spiro atoms. The third kappa shape index (κ3) is 7.37. The van der Waals surface area contributed by atoms with Gasteiger partial charge in [-0.15, -0.1) is 0 Å². The van der Waals surface area contributed by atoms with Crippen molar-refractivity contribution in [1.29, 1.82) is 0 Å². The van der Waals surface area contributed by atoms with Gasteiger partial charge in [-0.2, -0.15) is 0 Å². The lowest BCUT2D eigenvalue weighted by atomic mass is 10.2. The molecule has 4 aromatic rings. The molecule has 0 aromatic heterocycles. The molecule has 14 heteroatoms. The number of halogens is 2.